The van der Waals surface area contributed by atoms with Crippen molar-refractivity contribution < 1.29 is 9.90 Å². The first-order chi connectivity index (χ1) is 7.77. The van der Waals surface area contributed by atoms with Gasteiger partial charge in [0.25, 0.3) is 0 Å². The summed E-state index contributed by atoms with van der Waals surface area (Å²) in [5, 5.41) is 12.1. The average molecular weight is 223 g/mol. The first kappa shape index (κ1) is 13.1. The molecule has 0 aromatic rings. The maximum absolute atomic E-state index is 11.4. The first-order valence-corrected chi connectivity index (χ1v) is 6.09. The third-order valence-corrected chi connectivity index (χ3v) is 3.36. The molecule has 0 radical (unpaired) electrons. The van der Waals surface area contributed by atoms with Gasteiger partial charge in [0.2, 0.25) is 5.91 Å². The smallest absolute Gasteiger partial charge is 0.220 e. The molecule has 1 aliphatic carbocycles. The molecule has 0 saturated heterocycles. The molecule has 1 aliphatic rings. The summed E-state index contributed by atoms with van der Waals surface area (Å²) in [5.41, 5.74) is 0. The van der Waals surface area contributed by atoms with Crippen LogP contribution in [0.4, 0.5) is 0 Å². The molecule has 0 aromatic carbocycles. The molecule has 16 heavy (non-hydrogen) atoms. The molecule has 1 rings (SSSR count). The number of aliphatic hydroxyl groups is 1. The maximum Gasteiger partial charge on any atom is 0.220 e. The van der Waals surface area contributed by atoms with E-state index in [-0.39, 0.29) is 12.5 Å². The Balaban J connectivity index is 2.24. The number of aliphatic hydroxyl groups excluding tert-OH is 1. The van der Waals surface area contributed by atoms with E-state index in [0.717, 1.165) is 12.8 Å². The highest BCUT2D eigenvalue weighted by atomic mass is 16.3. The number of rotatable bonds is 5. The Morgan fingerprint density at radius 2 is 2.06 bits per heavy atom. The van der Waals surface area contributed by atoms with Crippen LogP contribution in [0.25, 0.3) is 0 Å². The summed E-state index contributed by atoms with van der Waals surface area (Å²) in [4.78, 5) is 11.4. The first-order valence-electron chi connectivity index (χ1n) is 6.09. The zero-order valence-electron chi connectivity index (χ0n) is 9.74. The lowest BCUT2D eigenvalue weighted by Crippen LogP contribution is -2.35. The Kier molecular flexibility index (Phi) is 5.95. The number of terminal acetylenes is 1. The molecule has 0 aromatic heterocycles. The molecule has 3 nitrogen and oxygen atoms in total. The van der Waals surface area contributed by atoms with E-state index in [9.17, 15) is 9.90 Å². The highest BCUT2D eigenvalue weighted by Crippen LogP contribution is 2.28. The van der Waals surface area contributed by atoms with Gasteiger partial charge in [-0.05, 0) is 24.7 Å². The average Bonchev–Trinajstić information content (AvgIpc) is 2.34. The minimum Gasteiger partial charge on any atom is -0.396 e. The second kappa shape index (κ2) is 7.29. The van der Waals surface area contributed by atoms with Gasteiger partial charge in [-0.15, -0.1) is 12.3 Å². The van der Waals surface area contributed by atoms with Gasteiger partial charge in [0.15, 0.2) is 0 Å². The zero-order valence-corrected chi connectivity index (χ0v) is 9.74. The Hall–Kier alpha value is -1.01. The molecule has 2 unspecified atom stereocenters. The molecule has 1 saturated carbocycles. The van der Waals surface area contributed by atoms with Gasteiger partial charge >= 0.3 is 0 Å². The van der Waals surface area contributed by atoms with E-state index in [2.05, 4.69) is 11.2 Å². The standard InChI is InChI=1S/C13H21NO2/c1-2-3-8-13(16)14-9-11-6-4-5-7-12(11)10-15/h1,11-12,15H,3-10H2,(H,14,16). The number of carbonyl (C=O) groups excluding carboxylic acids is 1. The second-order valence-corrected chi connectivity index (χ2v) is 4.50. The van der Waals surface area contributed by atoms with Crippen molar-refractivity contribution in [3.8, 4) is 12.3 Å². The lowest BCUT2D eigenvalue weighted by molar-refractivity contribution is -0.121. The number of hydrogen-bond donors (Lipinski definition) is 2. The minimum atomic E-state index is 0.0280. The van der Waals surface area contributed by atoms with Crippen molar-refractivity contribution in [1.82, 2.24) is 5.32 Å². The van der Waals surface area contributed by atoms with Crippen LogP contribution in [-0.2, 0) is 4.79 Å². The fourth-order valence-corrected chi connectivity index (χ4v) is 2.31. The van der Waals surface area contributed by atoms with Crippen LogP contribution >= 0.6 is 0 Å². The van der Waals surface area contributed by atoms with Crippen LogP contribution in [0.5, 0.6) is 0 Å². The van der Waals surface area contributed by atoms with Crippen molar-refractivity contribution in [3.63, 3.8) is 0 Å². The maximum atomic E-state index is 11.4. The van der Waals surface area contributed by atoms with Crippen molar-refractivity contribution in [2.45, 2.75) is 38.5 Å². The molecule has 0 heterocycles. The molecule has 1 fully saturated rings. The highest BCUT2D eigenvalue weighted by molar-refractivity contribution is 5.76. The molecular formula is C13H21NO2. The van der Waals surface area contributed by atoms with Crippen LogP contribution in [0.2, 0.25) is 0 Å². The topological polar surface area (TPSA) is 49.3 Å². The largest absolute Gasteiger partial charge is 0.396 e. The summed E-state index contributed by atoms with van der Waals surface area (Å²) in [5.74, 6) is 3.28. The molecule has 0 aliphatic heterocycles. The summed E-state index contributed by atoms with van der Waals surface area (Å²) < 4.78 is 0. The Morgan fingerprint density at radius 1 is 1.38 bits per heavy atom. The van der Waals surface area contributed by atoms with E-state index >= 15 is 0 Å². The normalized spacial score (nSPS) is 24.8. The number of hydrogen-bond acceptors (Lipinski definition) is 2. The summed E-state index contributed by atoms with van der Waals surface area (Å²) in [7, 11) is 0. The van der Waals surface area contributed by atoms with Crippen LogP contribution in [0.3, 0.4) is 0 Å². The lowest BCUT2D eigenvalue weighted by atomic mass is 9.79. The summed E-state index contributed by atoms with van der Waals surface area (Å²) in [6.45, 7) is 0.930. The van der Waals surface area contributed by atoms with Gasteiger partial charge in [0, 0.05) is 26.0 Å². The van der Waals surface area contributed by atoms with Crippen molar-refractivity contribution in [1.29, 1.82) is 0 Å². The Bertz CT molecular complexity index is 257. The van der Waals surface area contributed by atoms with E-state index in [0.29, 0.717) is 31.2 Å². The summed E-state index contributed by atoms with van der Waals surface area (Å²) in [6, 6.07) is 0. The van der Waals surface area contributed by atoms with Gasteiger partial charge in [0.1, 0.15) is 0 Å². The summed E-state index contributed by atoms with van der Waals surface area (Å²) in [6.07, 6.45) is 10.6. The van der Waals surface area contributed by atoms with Gasteiger partial charge in [-0.3, -0.25) is 4.79 Å². The fraction of sp³-hybridized carbons (Fsp3) is 0.769. The summed E-state index contributed by atoms with van der Waals surface area (Å²) >= 11 is 0. The van der Waals surface area contributed by atoms with E-state index in [1.165, 1.54) is 12.8 Å². The zero-order chi connectivity index (χ0) is 11.8. The van der Waals surface area contributed by atoms with Gasteiger partial charge in [-0.2, -0.15) is 0 Å². The van der Waals surface area contributed by atoms with Crippen molar-refractivity contribution in [3.05, 3.63) is 0 Å². The quantitative estimate of drug-likeness (QED) is 0.690. The number of carbonyl (C=O) groups is 1. The van der Waals surface area contributed by atoms with Crippen molar-refractivity contribution >= 4 is 5.91 Å². The van der Waals surface area contributed by atoms with Crippen LogP contribution in [-0.4, -0.2) is 24.2 Å². The molecular weight excluding hydrogens is 202 g/mol. The fourth-order valence-electron chi connectivity index (χ4n) is 2.31. The lowest BCUT2D eigenvalue weighted by Gasteiger charge is -2.30. The van der Waals surface area contributed by atoms with E-state index < -0.39 is 0 Å². The third kappa shape index (κ3) is 4.24. The van der Waals surface area contributed by atoms with E-state index in [1.54, 1.807) is 0 Å². The molecule has 0 spiro atoms. The van der Waals surface area contributed by atoms with Gasteiger partial charge < -0.3 is 10.4 Å². The van der Waals surface area contributed by atoms with E-state index in [1.807, 2.05) is 0 Å². The second-order valence-electron chi connectivity index (χ2n) is 4.50. The van der Waals surface area contributed by atoms with Crippen LogP contribution in [0.1, 0.15) is 38.5 Å². The minimum absolute atomic E-state index is 0.0280. The SMILES string of the molecule is C#CCCC(=O)NCC1CCCCC1CO. The number of amides is 1. The Morgan fingerprint density at radius 3 is 2.69 bits per heavy atom. The predicted octanol–water partition coefficient (Wildman–Crippen LogP) is 1.31. The van der Waals surface area contributed by atoms with Crippen molar-refractivity contribution in [2.24, 2.45) is 11.8 Å². The molecule has 0 bridgehead atoms. The van der Waals surface area contributed by atoms with Gasteiger partial charge in [-0.25, -0.2) is 0 Å². The number of nitrogens with one attached hydrogen (secondary N) is 1. The molecule has 1 amide bonds. The molecule has 90 valence electrons. The monoisotopic (exact) mass is 223 g/mol. The molecule has 2 N–H and O–H groups in total. The van der Waals surface area contributed by atoms with Crippen LogP contribution in [0.15, 0.2) is 0 Å². The predicted molar refractivity (Wildman–Crippen MR) is 63.6 cm³/mol. The van der Waals surface area contributed by atoms with Gasteiger partial charge in [-0.1, -0.05) is 12.8 Å². The third-order valence-electron chi connectivity index (χ3n) is 3.36. The molecule has 3 heteroatoms. The van der Waals surface area contributed by atoms with Gasteiger partial charge in [0.05, 0.1) is 0 Å². The highest BCUT2D eigenvalue weighted by Gasteiger charge is 2.24. The molecule has 2 atom stereocenters. The van der Waals surface area contributed by atoms with Crippen LogP contribution in [0, 0.1) is 24.2 Å². The van der Waals surface area contributed by atoms with Crippen LogP contribution < -0.4 is 5.32 Å². The Labute approximate surface area is 97.6 Å². The van der Waals surface area contributed by atoms with E-state index in [4.69, 9.17) is 6.42 Å². The van der Waals surface area contributed by atoms with Crippen molar-refractivity contribution in [2.75, 3.05) is 13.2 Å².